The maximum atomic E-state index is 13.7. The summed E-state index contributed by atoms with van der Waals surface area (Å²) in [5.74, 6) is -1.51. The third-order valence-corrected chi connectivity index (χ3v) is 9.82. The third kappa shape index (κ3) is 9.17. The molecule has 0 aliphatic carbocycles. The van der Waals surface area contributed by atoms with E-state index in [4.69, 9.17) is 11.6 Å². The van der Waals surface area contributed by atoms with E-state index < -0.39 is 22.0 Å². The van der Waals surface area contributed by atoms with Gasteiger partial charge >= 0.3 is 0 Å². The SMILES string of the molecule is O=C(Nc1ccc(SC(C(=O)Nc2nc(-c3ccc(Cl)cc3)cs2)c2ccccc2)cc1)/C(=C/c1ccccc1[N+](=O)[O-])NC(=O)c1ccccc1. The summed E-state index contributed by atoms with van der Waals surface area (Å²) in [5.41, 5.74) is 2.82. The first-order valence-electron chi connectivity index (χ1n) is 15.7. The summed E-state index contributed by atoms with van der Waals surface area (Å²) in [7, 11) is 0. The van der Waals surface area contributed by atoms with Crippen molar-refractivity contribution in [2.75, 3.05) is 10.6 Å². The fraction of sp³-hybridized carbons (Fsp3) is 0.0256. The predicted octanol–water partition coefficient (Wildman–Crippen LogP) is 9.25. The Morgan fingerprint density at radius 1 is 0.808 bits per heavy atom. The lowest BCUT2D eigenvalue weighted by Crippen LogP contribution is -2.30. The molecule has 0 saturated heterocycles. The summed E-state index contributed by atoms with van der Waals surface area (Å²) in [6, 6.07) is 37.7. The van der Waals surface area contributed by atoms with Gasteiger partial charge in [-0.3, -0.25) is 24.5 Å². The standard InChI is InChI=1S/C39H28ClN5O5S2/c40-29-17-15-25(16-18-29)33-24-51-39(43-33)44-38(48)35(26-9-3-1-4-10-26)52-31-21-19-30(20-22-31)41-37(47)32(42-36(46)27-11-5-2-6-12-27)23-28-13-7-8-14-34(28)45(49)50/h1-24,35H,(H,41,47)(H,42,46)(H,43,44,48)/b32-23-. The van der Waals surface area contributed by atoms with Gasteiger partial charge in [0.15, 0.2) is 5.13 Å². The first kappa shape index (κ1) is 35.7. The van der Waals surface area contributed by atoms with Crippen molar-refractivity contribution >= 4 is 75.0 Å². The number of carbonyl (C=O) groups excluding carboxylic acids is 3. The molecule has 0 aliphatic heterocycles. The van der Waals surface area contributed by atoms with E-state index in [9.17, 15) is 24.5 Å². The minimum atomic E-state index is -0.689. The van der Waals surface area contributed by atoms with Crippen LogP contribution in [0.2, 0.25) is 5.02 Å². The smallest absolute Gasteiger partial charge is 0.276 e. The number of nitrogens with one attached hydrogen (secondary N) is 3. The number of halogens is 1. The molecule has 10 nitrogen and oxygen atoms in total. The molecule has 0 saturated carbocycles. The van der Waals surface area contributed by atoms with Gasteiger partial charge in [-0.25, -0.2) is 4.98 Å². The Balaban J connectivity index is 1.19. The number of rotatable bonds is 12. The van der Waals surface area contributed by atoms with Crippen molar-refractivity contribution in [1.82, 2.24) is 10.3 Å². The normalized spacial score (nSPS) is 11.7. The molecule has 6 rings (SSSR count). The largest absolute Gasteiger partial charge is 0.321 e. The zero-order valence-corrected chi connectivity index (χ0v) is 29.5. The van der Waals surface area contributed by atoms with Crippen LogP contribution in [0.5, 0.6) is 0 Å². The lowest BCUT2D eigenvalue weighted by molar-refractivity contribution is -0.385. The van der Waals surface area contributed by atoms with Gasteiger partial charge in [-0.2, -0.15) is 0 Å². The van der Waals surface area contributed by atoms with Crippen molar-refractivity contribution < 1.29 is 19.3 Å². The van der Waals surface area contributed by atoms with Crippen LogP contribution in [0.4, 0.5) is 16.5 Å². The van der Waals surface area contributed by atoms with Crippen LogP contribution in [0.3, 0.4) is 0 Å². The summed E-state index contributed by atoms with van der Waals surface area (Å²) in [4.78, 5) is 56.7. The molecular weight excluding hydrogens is 718 g/mol. The van der Waals surface area contributed by atoms with Crippen LogP contribution in [0.15, 0.2) is 149 Å². The van der Waals surface area contributed by atoms with Crippen LogP contribution in [-0.2, 0) is 9.59 Å². The highest BCUT2D eigenvalue weighted by Gasteiger charge is 2.24. The maximum absolute atomic E-state index is 13.7. The van der Waals surface area contributed by atoms with Crippen molar-refractivity contribution in [2.24, 2.45) is 0 Å². The van der Waals surface area contributed by atoms with Gasteiger partial charge in [0.2, 0.25) is 5.91 Å². The van der Waals surface area contributed by atoms with Crippen LogP contribution < -0.4 is 16.0 Å². The van der Waals surface area contributed by atoms with Crippen LogP contribution in [-0.4, -0.2) is 27.6 Å². The zero-order chi connectivity index (χ0) is 36.5. The lowest BCUT2D eigenvalue weighted by Gasteiger charge is -2.17. The van der Waals surface area contributed by atoms with E-state index in [1.807, 2.05) is 47.8 Å². The molecular formula is C39H28ClN5O5S2. The minimum absolute atomic E-state index is 0.141. The van der Waals surface area contributed by atoms with E-state index in [0.29, 0.717) is 21.4 Å². The van der Waals surface area contributed by atoms with Crippen LogP contribution >= 0.6 is 34.7 Å². The average molecular weight is 746 g/mol. The highest BCUT2D eigenvalue weighted by molar-refractivity contribution is 8.00. The van der Waals surface area contributed by atoms with Crippen LogP contribution in [0.25, 0.3) is 17.3 Å². The number of anilines is 2. The zero-order valence-electron chi connectivity index (χ0n) is 27.1. The van der Waals surface area contributed by atoms with E-state index in [-0.39, 0.29) is 22.9 Å². The summed E-state index contributed by atoms with van der Waals surface area (Å²) >= 11 is 8.67. The molecule has 1 atom stereocenters. The number of nitrogens with zero attached hydrogens (tertiary/aromatic N) is 2. The highest BCUT2D eigenvalue weighted by atomic mass is 35.5. The number of benzene rings is 5. The molecule has 13 heteroatoms. The van der Waals surface area contributed by atoms with Gasteiger partial charge in [0.25, 0.3) is 17.5 Å². The molecule has 3 amide bonds. The second-order valence-electron chi connectivity index (χ2n) is 11.1. The fourth-order valence-electron chi connectivity index (χ4n) is 4.98. The predicted molar refractivity (Wildman–Crippen MR) is 206 cm³/mol. The molecule has 5 aromatic carbocycles. The topological polar surface area (TPSA) is 143 Å². The fourth-order valence-corrected chi connectivity index (χ4v) is 6.85. The van der Waals surface area contributed by atoms with Gasteiger partial charge < -0.3 is 16.0 Å². The molecule has 0 spiro atoms. The highest BCUT2D eigenvalue weighted by Crippen LogP contribution is 2.37. The van der Waals surface area contributed by atoms with Gasteiger partial charge in [0, 0.05) is 38.2 Å². The number of thioether (sulfide) groups is 1. The molecule has 3 N–H and O–H groups in total. The number of hydrogen-bond donors (Lipinski definition) is 3. The van der Waals surface area contributed by atoms with Gasteiger partial charge in [-0.1, -0.05) is 84.4 Å². The second kappa shape index (κ2) is 16.8. The Morgan fingerprint density at radius 3 is 2.15 bits per heavy atom. The molecule has 1 aromatic heterocycles. The quantitative estimate of drug-likeness (QED) is 0.0490. The van der Waals surface area contributed by atoms with Crippen molar-refractivity contribution in [2.45, 2.75) is 10.1 Å². The van der Waals surface area contributed by atoms with E-state index >= 15 is 0 Å². The molecule has 0 radical (unpaired) electrons. The molecule has 1 unspecified atom stereocenters. The van der Waals surface area contributed by atoms with Gasteiger partial charge in [0.1, 0.15) is 10.9 Å². The lowest BCUT2D eigenvalue weighted by atomic mass is 10.1. The van der Waals surface area contributed by atoms with E-state index in [0.717, 1.165) is 21.7 Å². The number of aromatic nitrogens is 1. The first-order chi connectivity index (χ1) is 25.2. The van der Waals surface area contributed by atoms with E-state index in [2.05, 4.69) is 20.9 Å². The molecule has 258 valence electrons. The monoisotopic (exact) mass is 745 g/mol. The number of amides is 3. The van der Waals surface area contributed by atoms with Gasteiger partial charge in [-0.05, 0) is 66.2 Å². The molecule has 0 fully saturated rings. The van der Waals surface area contributed by atoms with Gasteiger partial charge in [-0.15, -0.1) is 23.1 Å². The summed E-state index contributed by atoms with van der Waals surface area (Å²) in [6.07, 6.45) is 1.27. The van der Waals surface area contributed by atoms with Crippen molar-refractivity contribution in [3.05, 3.63) is 176 Å². The summed E-state index contributed by atoms with van der Waals surface area (Å²) in [5, 5.41) is 22.3. The first-order valence-corrected chi connectivity index (χ1v) is 17.8. The average Bonchev–Trinajstić information content (AvgIpc) is 3.63. The Labute approximate surface area is 311 Å². The van der Waals surface area contributed by atoms with Crippen molar-refractivity contribution in [1.29, 1.82) is 0 Å². The van der Waals surface area contributed by atoms with Crippen LogP contribution in [0.1, 0.15) is 26.7 Å². The Hall–Kier alpha value is -6.08. The second-order valence-corrected chi connectivity index (χ2v) is 13.6. The molecule has 0 bridgehead atoms. The number of thiazole rings is 1. The Kier molecular flexibility index (Phi) is 11.5. The van der Waals surface area contributed by atoms with Crippen molar-refractivity contribution in [3.63, 3.8) is 0 Å². The molecule has 1 heterocycles. The van der Waals surface area contributed by atoms with Crippen LogP contribution in [0, 0.1) is 10.1 Å². The number of hydrogen-bond acceptors (Lipinski definition) is 8. The molecule has 0 aliphatic rings. The summed E-state index contributed by atoms with van der Waals surface area (Å²) in [6.45, 7) is 0. The Bertz CT molecular complexity index is 2250. The van der Waals surface area contributed by atoms with E-state index in [1.165, 1.54) is 47.4 Å². The summed E-state index contributed by atoms with van der Waals surface area (Å²) < 4.78 is 0. The maximum Gasteiger partial charge on any atom is 0.276 e. The van der Waals surface area contributed by atoms with Gasteiger partial charge in [0.05, 0.1) is 16.2 Å². The van der Waals surface area contributed by atoms with Crippen molar-refractivity contribution in [3.8, 4) is 11.3 Å². The number of nitro benzene ring substituents is 1. The number of nitro groups is 1. The molecule has 6 aromatic rings. The minimum Gasteiger partial charge on any atom is -0.321 e. The molecule has 52 heavy (non-hydrogen) atoms. The third-order valence-electron chi connectivity index (χ3n) is 7.54. The number of para-hydroxylation sites is 1. The Morgan fingerprint density at radius 2 is 1.46 bits per heavy atom. The van der Waals surface area contributed by atoms with E-state index in [1.54, 1.807) is 72.8 Å². The number of carbonyl (C=O) groups is 3.